The van der Waals surface area contributed by atoms with Gasteiger partial charge in [0.15, 0.2) is 6.10 Å². The maximum Gasteiger partial charge on any atom is 0.306 e. The minimum Gasteiger partial charge on any atom is -0.462 e. The normalized spacial score (nSPS) is 12.6. The lowest BCUT2D eigenvalue weighted by atomic mass is 10.1. The van der Waals surface area contributed by atoms with Gasteiger partial charge in [-0.15, -0.1) is 0 Å². The van der Waals surface area contributed by atoms with Gasteiger partial charge in [0.1, 0.15) is 13.2 Å². The van der Waals surface area contributed by atoms with Crippen LogP contribution in [0.3, 0.4) is 0 Å². The van der Waals surface area contributed by atoms with Crippen molar-refractivity contribution in [3.8, 4) is 0 Å². The maximum absolute atomic E-state index is 12.9. The lowest BCUT2D eigenvalue weighted by molar-refractivity contribution is -0.167. The first-order valence-corrected chi connectivity index (χ1v) is 28.9. The lowest BCUT2D eigenvalue weighted by Crippen LogP contribution is -2.30. The number of esters is 3. The molecule has 1 atom stereocenters. The van der Waals surface area contributed by atoms with E-state index < -0.39 is 6.10 Å². The van der Waals surface area contributed by atoms with Crippen LogP contribution < -0.4 is 0 Å². The molecule has 0 saturated carbocycles. The van der Waals surface area contributed by atoms with Crippen molar-refractivity contribution in [2.24, 2.45) is 0 Å². The van der Waals surface area contributed by atoms with Crippen LogP contribution in [0.1, 0.15) is 284 Å². The Labute approximate surface area is 421 Å². The standard InChI is InChI=1S/C62H108O6/c1-4-7-10-13-16-19-22-25-27-29-31-33-35-37-40-43-46-49-52-55-61(64)67-58-59(57-66-60(63)54-51-48-45-42-39-24-21-18-15-12-9-6-3)68-62(65)56-53-50-47-44-41-38-36-34-32-30-28-26-23-20-17-14-11-8-5-2/h16,18-19,21,25,27,30-33,37,40,59H,4-15,17,20,22-24,26,28-29,34-36,38-39,41-58H2,1-3H3/b19-16-,21-18-,27-25-,32-30-,33-31-,40-37-/t59-/m1/s1. The van der Waals surface area contributed by atoms with Crippen molar-refractivity contribution in [1.29, 1.82) is 0 Å². The second-order valence-electron chi connectivity index (χ2n) is 19.2. The fourth-order valence-corrected chi connectivity index (χ4v) is 8.00. The fraction of sp³-hybridized carbons (Fsp3) is 0.758. The highest BCUT2D eigenvalue weighted by Crippen LogP contribution is 2.15. The van der Waals surface area contributed by atoms with Gasteiger partial charge in [0, 0.05) is 19.3 Å². The molecule has 68 heavy (non-hydrogen) atoms. The highest BCUT2D eigenvalue weighted by atomic mass is 16.6. The number of hydrogen-bond acceptors (Lipinski definition) is 6. The summed E-state index contributed by atoms with van der Waals surface area (Å²) in [5, 5.41) is 0. The largest absolute Gasteiger partial charge is 0.462 e. The molecule has 0 aromatic heterocycles. The molecular formula is C62H108O6. The smallest absolute Gasteiger partial charge is 0.306 e. The van der Waals surface area contributed by atoms with Gasteiger partial charge in [-0.2, -0.15) is 0 Å². The molecule has 0 aromatic rings. The minimum absolute atomic E-state index is 0.0914. The van der Waals surface area contributed by atoms with E-state index in [9.17, 15) is 14.4 Å². The molecular weight excluding hydrogens is 841 g/mol. The molecule has 0 amide bonds. The first-order chi connectivity index (χ1) is 33.5. The Balaban J connectivity index is 4.42. The van der Waals surface area contributed by atoms with Gasteiger partial charge in [-0.25, -0.2) is 0 Å². The van der Waals surface area contributed by atoms with E-state index >= 15 is 0 Å². The third-order valence-electron chi connectivity index (χ3n) is 12.4. The van der Waals surface area contributed by atoms with E-state index in [2.05, 4.69) is 93.7 Å². The quantitative estimate of drug-likeness (QED) is 0.0262. The van der Waals surface area contributed by atoms with Gasteiger partial charge in [-0.05, 0) is 116 Å². The number of carbonyl (C=O) groups excluding carboxylic acids is 3. The highest BCUT2D eigenvalue weighted by Gasteiger charge is 2.19. The zero-order valence-corrected chi connectivity index (χ0v) is 44.9. The van der Waals surface area contributed by atoms with Crippen LogP contribution >= 0.6 is 0 Å². The predicted molar refractivity (Wildman–Crippen MR) is 293 cm³/mol. The first kappa shape index (κ1) is 64.8. The first-order valence-electron chi connectivity index (χ1n) is 28.9. The molecule has 6 heteroatoms. The second-order valence-corrected chi connectivity index (χ2v) is 19.2. The summed E-state index contributed by atoms with van der Waals surface area (Å²) in [5.74, 6) is -0.929. The van der Waals surface area contributed by atoms with Gasteiger partial charge < -0.3 is 14.2 Å². The van der Waals surface area contributed by atoms with Crippen molar-refractivity contribution in [2.75, 3.05) is 13.2 Å². The molecule has 0 bridgehead atoms. The predicted octanol–water partition coefficient (Wildman–Crippen LogP) is 19.4. The Morgan fingerprint density at radius 2 is 0.529 bits per heavy atom. The zero-order valence-electron chi connectivity index (χ0n) is 44.9. The van der Waals surface area contributed by atoms with Gasteiger partial charge >= 0.3 is 17.9 Å². The maximum atomic E-state index is 12.9. The Morgan fingerprint density at radius 1 is 0.294 bits per heavy atom. The Morgan fingerprint density at radius 3 is 0.882 bits per heavy atom. The van der Waals surface area contributed by atoms with Crippen LogP contribution in [0.5, 0.6) is 0 Å². The van der Waals surface area contributed by atoms with Gasteiger partial charge in [0.25, 0.3) is 0 Å². The van der Waals surface area contributed by atoms with Crippen LogP contribution in [0.4, 0.5) is 0 Å². The molecule has 0 aromatic carbocycles. The number of rotatable bonds is 52. The summed E-state index contributed by atoms with van der Waals surface area (Å²) in [6.07, 6.45) is 71.8. The molecule has 0 heterocycles. The average Bonchev–Trinajstić information content (AvgIpc) is 3.34. The number of carbonyl (C=O) groups is 3. The summed E-state index contributed by atoms with van der Waals surface area (Å²) in [5.41, 5.74) is 0. The third kappa shape index (κ3) is 53.8. The molecule has 0 radical (unpaired) electrons. The summed E-state index contributed by atoms with van der Waals surface area (Å²) in [4.78, 5) is 38.1. The third-order valence-corrected chi connectivity index (χ3v) is 12.4. The molecule has 0 fully saturated rings. The van der Waals surface area contributed by atoms with E-state index in [1.807, 2.05) is 0 Å². The zero-order chi connectivity index (χ0) is 49.3. The van der Waals surface area contributed by atoms with Gasteiger partial charge in [-0.3, -0.25) is 14.4 Å². The summed E-state index contributed by atoms with van der Waals surface area (Å²) in [6.45, 7) is 6.56. The van der Waals surface area contributed by atoms with E-state index in [4.69, 9.17) is 14.2 Å². The number of hydrogen-bond donors (Lipinski definition) is 0. The highest BCUT2D eigenvalue weighted by molar-refractivity contribution is 5.71. The fourth-order valence-electron chi connectivity index (χ4n) is 8.00. The summed E-state index contributed by atoms with van der Waals surface area (Å²) < 4.78 is 16.8. The van der Waals surface area contributed by atoms with E-state index in [1.54, 1.807) is 0 Å². The van der Waals surface area contributed by atoms with Crippen LogP contribution in [-0.2, 0) is 28.6 Å². The second kappa shape index (κ2) is 56.4. The molecule has 6 nitrogen and oxygen atoms in total. The molecule has 0 aliphatic carbocycles. The molecule has 0 saturated heterocycles. The SMILES string of the molecule is CCCCC/C=C\C/C=C\C/C=C\C/C=C\CCCCCC(=O)OC[C@@H](COC(=O)CCCCCCC/C=C\CCCCC)OC(=O)CCCCCCCCC/C=C\CCCCCCCCCC. The Kier molecular flexibility index (Phi) is 53.8. The van der Waals surface area contributed by atoms with Gasteiger partial charge in [0.2, 0.25) is 0 Å². The van der Waals surface area contributed by atoms with Crippen molar-refractivity contribution in [2.45, 2.75) is 290 Å². The van der Waals surface area contributed by atoms with Crippen molar-refractivity contribution >= 4 is 17.9 Å². The van der Waals surface area contributed by atoms with Crippen molar-refractivity contribution in [3.63, 3.8) is 0 Å². The van der Waals surface area contributed by atoms with Gasteiger partial charge in [-0.1, -0.05) is 222 Å². The number of allylic oxidation sites excluding steroid dienone is 12. The lowest BCUT2D eigenvalue weighted by Gasteiger charge is -2.18. The van der Waals surface area contributed by atoms with E-state index in [0.717, 1.165) is 89.9 Å². The summed E-state index contributed by atoms with van der Waals surface area (Å²) in [6, 6.07) is 0. The van der Waals surface area contributed by atoms with Crippen molar-refractivity contribution < 1.29 is 28.6 Å². The molecule has 0 N–H and O–H groups in total. The molecule has 0 rings (SSSR count). The van der Waals surface area contributed by atoms with Crippen molar-refractivity contribution in [1.82, 2.24) is 0 Å². The van der Waals surface area contributed by atoms with Crippen molar-refractivity contribution in [3.05, 3.63) is 72.9 Å². The van der Waals surface area contributed by atoms with Crippen LogP contribution in [0, 0.1) is 0 Å². The Hall–Kier alpha value is -3.15. The van der Waals surface area contributed by atoms with Crippen LogP contribution in [-0.4, -0.2) is 37.2 Å². The van der Waals surface area contributed by atoms with Crippen LogP contribution in [0.15, 0.2) is 72.9 Å². The van der Waals surface area contributed by atoms with E-state index in [-0.39, 0.29) is 31.1 Å². The van der Waals surface area contributed by atoms with E-state index in [1.165, 1.54) is 154 Å². The molecule has 0 unspecified atom stereocenters. The van der Waals surface area contributed by atoms with Crippen LogP contribution in [0.2, 0.25) is 0 Å². The molecule has 0 spiro atoms. The van der Waals surface area contributed by atoms with E-state index in [0.29, 0.717) is 19.3 Å². The average molecular weight is 950 g/mol. The number of unbranched alkanes of at least 4 members (excludes halogenated alkanes) is 29. The molecule has 0 aliphatic rings. The minimum atomic E-state index is -0.794. The van der Waals surface area contributed by atoms with Gasteiger partial charge in [0.05, 0.1) is 0 Å². The number of ether oxygens (including phenoxy) is 3. The monoisotopic (exact) mass is 949 g/mol. The summed E-state index contributed by atoms with van der Waals surface area (Å²) in [7, 11) is 0. The summed E-state index contributed by atoms with van der Waals surface area (Å²) >= 11 is 0. The molecule has 392 valence electrons. The topological polar surface area (TPSA) is 78.9 Å². The molecule has 0 aliphatic heterocycles. The van der Waals surface area contributed by atoms with Crippen LogP contribution in [0.25, 0.3) is 0 Å². The Bertz CT molecular complexity index is 1270.